The summed E-state index contributed by atoms with van der Waals surface area (Å²) in [5.74, 6) is 0.908. The van der Waals surface area contributed by atoms with Gasteiger partial charge in [-0.05, 0) is 55.0 Å². The Kier molecular flexibility index (Phi) is 5.16. The zero-order chi connectivity index (χ0) is 18.6. The highest BCUT2D eigenvalue weighted by atomic mass is 32.1. The fourth-order valence-corrected chi connectivity index (χ4v) is 3.97. The number of pyridine rings is 2. The molecular weight excluding hydrogens is 354 g/mol. The number of hydrogen-bond acceptors (Lipinski definition) is 3. The molecule has 4 heterocycles. The molecule has 0 bridgehead atoms. The minimum atomic E-state index is 0.00733. The first-order chi connectivity index (χ1) is 13.3. The van der Waals surface area contributed by atoms with Crippen LogP contribution < -0.4 is 5.32 Å². The highest BCUT2D eigenvalue weighted by Gasteiger charge is 2.40. The lowest BCUT2D eigenvalue weighted by Gasteiger charge is -2.28. The zero-order valence-corrected chi connectivity index (χ0v) is 16.1. The van der Waals surface area contributed by atoms with Crippen LogP contribution in [0.3, 0.4) is 0 Å². The summed E-state index contributed by atoms with van der Waals surface area (Å²) in [6, 6.07) is 16.3. The van der Waals surface area contributed by atoms with Crippen molar-refractivity contribution in [2.45, 2.75) is 31.8 Å². The average molecular weight is 378 g/mol. The Morgan fingerprint density at radius 3 is 2.56 bits per heavy atom. The van der Waals surface area contributed by atoms with E-state index in [0.717, 1.165) is 41.7 Å². The highest BCUT2D eigenvalue weighted by molar-refractivity contribution is 7.80. The van der Waals surface area contributed by atoms with Crippen molar-refractivity contribution in [3.05, 3.63) is 78.5 Å². The number of rotatable bonds is 6. The molecule has 0 spiro atoms. The molecule has 3 aromatic heterocycles. The second-order valence-electron chi connectivity index (χ2n) is 6.66. The third-order valence-corrected chi connectivity index (χ3v) is 5.28. The first-order valence-electron chi connectivity index (χ1n) is 9.36. The van der Waals surface area contributed by atoms with Crippen molar-refractivity contribution in [1.29, 1.82) is 0 Å². The van der Waals surface area contributed by atoms with E-state index < -0.39 is 0 Å². The van der Waals surface area contributed by atoms with E-state index in [-0.39, 0.29) is 12.1 Å². The van der Waals surface area contributed by atoms with Gasteiger partial charge in [-0.2, -0.15) is 0 Å². The monoisotopic (exact) mass is 377 g/mol. The van der Waals surface area contributed by atoms with E-state index in [1.54, 1.807) is 0 Å². The van der Waals surface area contributed by atoms with Gasteiger partial charge in [-0.3, -0.25) is 4.98 Å². The summed E-state index contributed by atoms with van der Waals surface area (Å²) in [5.41, 5.74) is 2.16. The van der Waals surface area contributed by atoms with Crippen molar-refractivity contribution in [2.24, 2.45) is 0 Å². The number of nitrogens with zero attached hydrogens (tertiary/aromatic N) is 4. The lowest BCUT2D eigenvalue weighted by Crippen LogP contribution is -2.31. The largest absolute Gasteiger partial charge is 0.352 e. The molecule has 27 heavy (non-hydrogen) atoms. The van der Waals surface area contributed by atoms with E-state index in [4.69, 9.17) is 12.2 Å². The van der Waals surface area contributed by atoms with Gasteiger partial charge in [-0.25, -0.2) is 4.98 Å². The zero-order valence-electron chi connectivity index (χ0n) is 15.3. The molecule has 0 aromatic carbocycles. The molecule has 0 aliphatic carbocycles. The molecule has 1 N–H and O–H groups in total. The van der Waals surface area contributed by atoms with E-state index in [9.17, 15) is 0 Å². The fourth-order valence-electron chi connectivity index (χ4n) is 3.64. The van der Waals surface area contributed by atoms with Crippen LogP contribution in [0.2, 0.25) is 0 Å². The molecule has 5 nitrogen and oxygen atoms in total. The van der Waals surface area contributed by atoms with Gasteiger partial charge in [0.25, 0.3) is 0 Å². The lowest BCUT2D eigenvalue weighted by molar-refractivity contribution is 0.304. The summed E-state index contributed by atoms with van der Waals surface area (Å²) in [5, 5.41) is 4.30. The number of aromatic nitrogens is 3. The molecule has 1 aliphatic heterocycles. The molecule has 4 rings (SSSR count). The Morgan fingerprint density at radius 1 is 1.04 bits per heavy atom. The molecule has 1 saturated heterocycles. The third kappa shape index (κ3) is 3.45. The van der Waals surface area contributed by atoms with Crippen molar-refractivity contribution in [3.63, 3.8) is 0 Å². The van der Waals surface area contributed by atoms with E-state index in [1.165, 1.54) is 0 Å². The van der Waals surface area contributed by atoms with Crippen LogP contribution in [0.5, 0.6) is 0 Å². The SMILES string of the molecule is CCCCN1C(=S)N[C@H](c2ccccn2)[C@H]1c1cccn1-c1ccccn1. The van der Waals surface area contributed by atoms with Gasteiger partial charge in [0, 0.05) is 30.8 Å². The standard InChI is InChI=1S/C21H23N5S/c1-2-3-14-26-20(19(24-21(26)27)16-9-4-6-12-22-16)17-10-8-15-25(17)18-11-5-7-13-23-18/h4-13,15,19-20H,2-3,14H2,1H3,(H,24,27)/t19-,20-/m1/s1. The Morgan fingerprint density at radius 2 is 1.85 bits per heavy atom. The quantitative estimate of drug-likeness (QED) is 0.657. The van der Waals surface area contributed by atoms with E-state index in [1.807, 2.05) is 42.7 Å². The average Bonchev–Trinajstić information content (AvgIpc) is 3.32. The molecule has 0 amide bonds. The van der Waals surface area contributed by atoms with Gasteiger partial charge in [-0.1, -0.05) is 25.5 Å². The van der Waals surface area contributed by atoms with Gasteiger partial charge in [0.2, 0.25) is 0 Å². The molecule has 0 unspecified atom stereocenters. The smallest absolute Gasteiger partial charge is 0.170 e. The van der Waals surface area contributed by atoms with Gasteiger partial charge >= 0.3 is 0 Å². The molecule has 138 valence electrons. The number of hydrogen-bond donors (Lipinski definition) is 1. The van der Waals surface area contributed by atoms with Crippen LogP contribution in [0.4, 0.5) is 0 Å². The lowest BCUT2D eigenvalue weighted by atomic mass is 10.0. The Balaban J connectivity index is 1.78. The molecule has 1 aliphatic rings. The van der Waals surface area contributed by atoms with Gasteiger partial charge in [0.05, 0.1) is 17.8 Å². The van der Waals surface area contributed by atoms with Crippen LogP contribution in [0.1, 0.15) is 43.2 Å². The van der Waals surface area contributed by atoms with Crippen LogP contribution in [0.15, 0.2) is 67.1 Å². The summed E-state index contributed by atoms with van der Waals surface area (Å²) in [7, 11) is 0. The molecule has 0 saturated carbocycles. The van der Waals surface area contributed by atoms with Crippen LogP contribution in [-0.4, -0.2) is 31.1 Å². The van der Waals surface area contributed by atoms with Crippen molar-refractivity contribution >= 4 is 17.3 Å². The van der Waals surface area contributed by atoms with Gasteiger partial charge in [-0.15, -0.1) is 0 Å². The molecule has 6 heteroatoms. The maximum absolute atomic E-state index is 5.70. The Labute approximate surface area is 165 Å². The van der Waals surface area contributed by atoms with E-state index in [0.29, 0.717) is 0 Å². The molecule has 0 radical (unpaired) electrons. The molecular formula is C21H23N5S. The minimum Gasteiger partial charge on any atom is -0.352 e. The fraction of sp³-hybridized carbons (Fsp3) is 0.286. The van der Waals surface area contributed by atoms with Crippen LogP contribution in [-0.2, 0) is 0 Å². The van der Waals surface area contributed by atoms with Gasteiger partial charge < -0.3 is 14.8 Å². The highest BCUT2D eigenvalue weighted by Crippen LogP contribution is 2.39. The van der Waals surface area contributed by atoms with Crippen molar-refractivity contribution in [3.8, 4) is 5.82 Å². The summed E-state index contributed by atoms with van der Waals surface area (Å²) < 4.78 is 2.15. The van der Waals surface area contributed by atoms with Gasteiger partial charge in [0.15, 0.2) is 5.11 Å². The Hall–Kier alpha value is -2.73. The second kappa shape index (κ2) is 7.88. The third-order valence-electron chi connectivity index (χ3n) is 4.93. The summed E-state index contributed by atoms with van der Waals surface area (Å²) >= 11 is 5.70. The predicted molar refractivity (Wildman–Crippen MR) is 111 cm³/mol. The summed E-state index contributed by atoms with van der Waals surface area (Å²) in [6.45, 7) is 3.12. The summed E-state index contributed by atoms with van der Waals surface area (Å²) in [6.07, 6.45) is 7.94. The van der Waals surface area contributed by atoms with Crippen molar-refractivity contribution < 1.29 is 0 Å². The Bertz CT molecular complexity index is 893. The maximum atomic E-state index is 5.70. The summed E-state index contributed by atoms with van der Waals surface area (Å²) in [4.78, 5) is 11.4. The molecule has 1 fully saturated rings. The van der Waals surface area contributed by atoms with E-state index in [2.05, 4.69) is 56.1 Å². The maximum Gasteiger partial charge on any atom is 0.170 e. The van der Waals surface area contributed by atoms with Gasteiger partial charge in [0.1, 0.15) is 5.82 Å². The number of unbranched alkanes of at least 4 members (excludes halogenated alkanes) is 1. The van der Waals surface area contributed by atoms with E-state index >= 15 is 0 Å². The number of thiocarbonyl (C=S) groups is 1. The second-order valence-corrected chi connectivity index (χ2v) is 7.05. The van der Waals surface area contributed by atoms with Crippen molar-refractivity contribution in [2.75, 3.05) is 6.54 Å². The number of nitrogens with one attached hydrogen (secondary N) is 1. The predicted octanol–water partition coefficient (Wildman–Crippen LogP) is 4.04. The first kappa shape index (κ1) is 17.7. The van der Waals surface area contributed by atoms with Crippen LogP contribution in [0, 0.1) is 0 Å². The molecule has 3 aromatic rings. The normalized spacial score (nSPS) is 19.3. The van der Waals surface area contributed by atoms with Crippen LogP contribution in [0.25, 0.3) is 5.82 Å². The molecule has 2 atom stereocenters. The first-order valence-corrected chi connectivity index (χ1v) is 9.77. The van der Waals surface area contributed by atoms with Crippen molar-refractivity contribution in [1.82, 2.24) is 24.8 Å². The topological polar surface area (TPSA) is 46.0 Å². The minimum absolute atomic E-state index is 0.00733. The van der Waals surface area contributed by atoms with Crippen LogP contribution >= 0.6 is 12.2 Å².